The summed E-state index contributed by atoms with van der Waals surface area (Å²) in [6.45, 7) is 4.75. The highest BCUT2D eigenvalue weighted by molar-refractivity contribution is 5.70. The molecule has 1 N–H and O–H groups in total. The Kier molecular flexibility index (Phi) is 6.58. The molecule has 0 aromatic heterocycles. The van der Waals surface area contributed by atoms with Crippen molar-refractivity contribution in [2.45, 2.75) is 37.8 Å². The summed E-state index contributed by atoms with van der Waals surface area (Å²) in [6, 6.07) is 15.1. The number of hydrogen-bond donors (Lipinski definition) is 1. The van der Waals surface area contributed by atoms with Gasteiger partial charge in [-0.3, -0.25) is 4.90 Å². The van der Waals surface area contributed by atoms with Gasteiger partial charge in [-0.15, -0.1) is 0 Å². The zero-order valence-electron chi connectivity index (χ0n) is 18.9. The first kappa shape index (κ1) is 21.9. The fourth-order valence-corrected chi connectivity index (χ4v) is 5.06. The lowest BCUT2D eigenvalue weighted by Crippen LogP contribution is -2.44. The summed E-state index contributed by atoms with van der Waals surface area (Å²) in [5, 5.41) is 9.48. The molecule has 0 aliphatic carbocycles. The molecular weight excluding hydrogens is 420 g/mol. The Bertz CT molecular complexity index is 942. The van der Waals surface area contributed by atoms with E-state index in [1.165, 1.54) is 0 Å². The van der Waals surface area contributed by atoms with Crippen molar-refractivity contribution in [3.05, 3.63) is 54.1 Å². The van der Waals surface area contributed by atoms with Gasteiger partial charge in [0.15, 0.2) is 11.5 Å². The lowest BCUT2D eigenvalue weighted by molar-refractivity contribution is 0.0466. The molecule has 0 spiro atoms. The fraction of sp³-hybridized carbons (Fsp3) is 0.500. The van der Waals surface area contributed by atoms with E-state index in [9.17, 15) is 9.90 Å². The van der Waals surface area contributed by atoms with Crippen LogP contribution in [0.5, 0.6) is 17.2 Å². The molecule has 2 aromatic rings. The number of ether oxygens (including phenoxy) is 3. The first-order valence-corrected chi connectivity index (χ1v) is 12.0. The SMILES string of the molecule is O=C1OCC(Cc2ccc(O)cc2)N1CCC1CCN(CC2COc3ccccc3O2)CC1. The van der Waals surface area contributed by atoms with Gasteiger partial charge in [0.25, 0.3) is 0 Å². The number of benzene rings is 2. The van der Waals surface area contributed by atoms with Crippen LogP contribution in [0.3, 0.4) is 0 Å². The van der Waals surface area contributed by atoms with Crippen LogP contribution in [0.15, 0.2) is 48.5 Å². The number of carbonyl (C=O) groups excluding carboxylic acids is 1. The molecule has 7 nitrogen and oxygen atoms in total. The maximum Gasteiger partial charge on any atom is 0.410 e. The van der Waals surface area contributed by atoms with Gasteiger partial charge in [-0.2, -0.15) is 0 Å². The van der Waals surface area contributed by atoms with Crippen molar-refractivity contribution in [3.63, 3.8) is 0 Å². The van der Waals surface area contributed by atoms with Crippen molar-refractivity contribution in [2.24, 2.45) is 5.92 Å². The van der Waals surface area contributed by atoms with Crippen LogP contribution in [0.2, 0.25) is 0 Å². The fourth-order valence-electron chi connectivity index (χ4n) is 5.06. The highest BCUT2D eigenvalue weighted by Crippen LogP contribution is 2.31. The predicted molar refractivity (Wildman–Crippen MR) is 124 cm³/mol. The zero-order chi connectivity index (χ0) is 22.6. The molecule has 7 heteroatoms. The van der Waals surface area contributed by atoms with Crippen LogP contribution >= 0.6 is 0 Å². The van der Waals surface area contributed by atoms with E-state index in [1.54, 1.807) is 12.1 Å². The molecule has 1 amide bonds. The lowest BCUT2D eigenvalue weighted by atomic mass is 9.93. The number of carbonyl (C=O) groups is 1. The minimum absolute atomic E-state index is 0.0634. The largest absolute Gasteiger partial charge is 0.508 e. The summed E-state index contributed by atoms with van der Waals surface area (Å²) in [4.78, 5) is 16.7. The Morgan fingerprint density at radius 1 is 0.939 bits per heavy atom. The minimum Gasteiger partial charge on any atom is -0.508 e. The Morgan fingerprint density at radius 2 is 1.70 bits per heavy atom. The Labute approximate surface area is 194 Å². The number of fused-ring (bicyclic) bond motifs is 1. The van der Waals surface area contributed by atoms with E-state index in [4.69, 9.17) is 14.2 Å². The first-order valence-electron chi connectivity index (χ1n) is 12.0. The van der Waals surface area contributed by atoms with Crippen LogP contribution < -0.4 is 9.47 Å². The van der Waals surface area contributed by atoms with E-state index in [-0.39, 0.29) is 24.0 Å². The summed E-state index contributed by atoms with van der Waals surface area (Å²) in [5.74, 6) is 2.54. The molecule has 176 valence electrons. The van der Waals surface area contributed by atoms with Gasteiger partial charge in [0.1, 0.15) is 25.1 Å². The highest BCUT2D eigenvalue weighted by atomic mass is 16.6. The van der Waals surface area contributed by atoms with Crippen LogP contribution in [0, 0.1) is 5.92 Å². The second-order valence-corrected chi connectivity index (χ2v) is 9.32. The molecule has 2 fully saturated rings. The summed E-state index contributed by atoms with van der Waals surface area (Å²) >= 11 is 0. The van der Waals surface area contributed by atoms with Crippen molar-refractivity contribution < 1.29 is 24.1 Å². The quantitative estimate of drug-likeness (QED) is 0.691. The minimum atomic E-state index is -0.203. The summed E-state index contributed by atoms with van der Waals surface area (Å²) in [6.07, 6.45) is 3.89. The monoisotopic (exact) mass is 452 g/mol. The van der Waals surface area contributed by atoms with Crippen LogP contribution in [-0.2, 0) is 11.2 Å². The van der Waals surface area contributed by atoms with Gasteiger partial charge in [0.2, 0.25) is 0 Å². The first-order chi connectivity index (χ1) is 16.1. The number of para-hydroxylation sites is 2. The second kappa shape index (κ2) is 9.91. The van der Waals surface area contributed by atoms with E-state index < -0.39 is 0 Å². The van der Waals surface area contributed by atoms with E-state index in [0.717, 1.165) is 68.9 Å². The zero-order valence-corrected chi connectivity index (χ0v) is 18.9. The number of amides is 1. The number of piperidine rings is 1. The Morgan fingerprint density at radius 3 is 2.48 bits per heavy atom. The van der Waals surface area contributed by atoms with Crippen LogP contribution in [-0.4, -0.2) is 72.5 Å². The normalized spacial score (nSPS) is 23.5. The Balaban J connectivity index is 1.06. The molecule has 0 bridgehead atoms. The van der Waals surface area contributed by atoms with E-state index in [1.807, 2.05) is 41.3 Å². The molecule has 3 aliphatic heterocycles. The number of cyclic esters (lactones) is 1. The number of nitrogens with zero attached hydrogens (tertiary/aromatic N) is 2. The van der Waals surface area contributed by atoms with Crippen molar-refractivity contribution in [2.75, 3.05) is 39.4 Å². The van der Waals surface area contributed by atoms with Gasteiger partial charge >= 0.3 is 6.09 Å². The Hall–Kier alpha value is -2.93. The molecular formula is C26H32N2O5. The van der Waals surface area contributed by atoms with Crippen molar-refractivity contribution in [3.8, 4) is 17.2 Å². The van der Waals surface area contributed by atoms with Gasteiger partial charge in [-0.1, -0.05) is 24.3 Å². The van der Waals surface area contributed by atoms with E-state index in [0.29, 0.717) is 19.1 Å². The van der Waals surface area contributed by atoms with Gasteiger partial charge in [0.05, 0.1) is 6.04 Å². The molecule has 5 rings (SSSR count). The van der Waals surface area contributed by atoms with Crippen LogP contribution in [0.25, 0.3) is 0 Å². The van der Waals surface area contributed by atoms with Gasteiger partial charge in [-0.05, 0) is 74.5 Å². The number of aromatic hydroxyl groups is 1. The molecule has 2 atom stereocenters. The third kappa shape index (κ3) is 5.36. The average Bonchev–Trinajstić information content (AvgIpc) is 3.19. The molecule has 33 heavy (non-hydrogen) atoms. The molecule has 0 radical (unpaired) electrons. The molecule has 2 aromatic carbocycles. The average molecular weight is 453 g/mol. The van der Waals surface area contributed by atoms with E-state index in [2.05, 4.69) is 4.90 Å². The topological polar surface area (TPSA) is 71.5 Å². The third-order valence-corrected chi connectivity index (χ3v) is 7.00. The number of rotatable bonds is 7. The highest BCUT2D eigenvalue weighted by Gasteiger charge is 2.33. The molecule has 3 heterocycles. The van der Waals surface area contributed by atoms with Gasteiger partial charge in [-0.25, -0.2) is 4.79 Å². The third-order valence-electron chi connectivity index (χ3n) is 7.00. The van der Waals surface area contributed by atoms with Crippen LogP contribution in [0.4, 0.5) is 4.79 Å². The van der Waals surface area contributed by atoms with Gasteiger partial charge in [0, 0.05) is 13.1 Å². The standard InChI is InChI=1S/C26H32N2O5/c29-22-7-5-20(6-8-22)15-21-17-32-26(30)28(21)14-11-19-9-12-27(13-10-19)16-23-18-31-24-3-1-2-4-25(24)33-23/h1-8,19,21,23,29H,9-18H2. The lowest BCUT2D eigenvalue weighted by Gasteiger charge is -2.36. The van der Waals surface area contributed by atoms with Crippen molar-refractivity contribution in [1.29, 1.82) is 0 Å². The van der Waals surface area contributed by atoms with Crippen LogP contribution in [0.1, 0.15) is 24.8 Å². The summed E-state index contributed by atoms with van der Waals surface area (Å²) < 4.78 is 17.3. The number of phenols is 1. The smallest absolute Gasteiger partial charge is 0.410 e. The molecule has 2 saturated heterocycles. The number of phenolic OH excluding ortho intramolecular Hbond substituents is 1. The van der Waals surface area contributed by atoms with Gasteiger partial charge < -0.3 is 24.2 Å². The second-order valence-electron chi connectivity index (χ2n) is 9.32. The van der Waals surface area contributed by atoms with Crippen molar-refractivity contribution in [1.82, 2.24) is 9.80 Å². The number of likely N-dealkylation sites (tertiary alicyclic amines) is 1. The van der Waals surface area contributed by atoms with E-state index >= 15 is 0 Å². The number of hydrogen-bond acceptors (Lipinski definition) is 6. The molecule has 3 aliphatic rings. The maximum atomic E-state index is 12.3. The molecule has 2 unspecified atom stereocenters. The molecule has 0 saturated carbocycles. The summed E-state index contributed by atoms with van der Waals surface area (Å²) in [5.41, 5.74) is 1.10. The van der Waals surface area contributed by atoms with Crippen molar-refractivity contribution >= 4 is 6.09 Å². The maximum absolute atomic E-state index is 12.3. The summed E-state index contributed by atoms with van der Waals surface area (Å²) in [7, 11) is 0. The predicted octanol–water partition coefficient (Wildman–Crippen LogP) is 3.70.